The van der Waals surface area contributed by atoms with Crippen molar-refractivity contribution in [2.75, 3.05) is 21.9 Å². The van der Waals surface area contributed by atoms with Gasteiger partial charge in [-0.15, -0.1) is 0 Å². The molecule has 29 heavy (non-hydrogen) atoms. The molecule has 10 heteroatoms. The molecule has 0 atom stereocenters. The highest BCUT2D eigenvalue weighted by Gasteiger charge is 2.28. The Morgan fingerprint density at radius 1 is 1.24 bits per heavy atom. The minimum atomic E-state index is -3.37. The van der Waals surface area contributed by atoms with Gasteiger partial charge in [-0.1, -0.05) is 29.8 Å². The molecule has 0 aromatic heterocycles. The first kappa shape index (κ1) is 21.1. The van der Waals surface area contributed by atoms with Crippen molar-refractivity contribution < 1.29 is 26.7 Å². The fraction of sp³-hybridized carbons (Fsp3) is 0.211. The number of alkyl halides is 2. The molecule has 0 saturated carbocycles. The van der Waals surface area contributed by atoms with Crippen LogP contribution in [0.5, 0.6) is 5.75 Å². The number of amides is 1. The van der Waals surface area contributed by atoms with Gasteiger partial charge in [-0.3, -0.25) is 9.10 Å². The lowest BCUT2D eigenvalue weighted by molar-refractivity contribution is -0.111. The third kappa shape index (κ3) is 5.24. The molecule has 1 fully saturated rings. The Bertz CT molecular complexity index is 1040. The van der Waals surface area contributed by atoms with Gasteiger partial charge >= 0.3 is 6.61 Å². The number of nitrogens with one attached hydrogen (secondary N) is 1. The summed E-state index contributed by atoms with van der Waals surface area (Å²) in [6.07, 6.45) is 2.99. The predicted molar refractivity (Wildman–Crippen MR) is 108 cm³/mol. The summed E-state index contributed by atoms with van der Waals surface area (Å²) in [5, 5.41) is 2.79. The number of benzene rings is 2. The molecule has 6 nitrogen and oxygen atoms in total. The van der Waals surface area contributed by atoms with Gasteiger partial charge in [-0.25, -0.2) is 8.42 Å². The van der Waals surface area contributed by atoms with Gasteiger partial charge in [0.15, 0.2) is 0 Å². The van der Waals surface area contributed by atoms with Gasteiger partial charge in [0.1, 0.15) is 5.75 Å². The maximum Gasteiger partial charge on any atom is 0.387 e. The normalized spacial score (nSPS) is 15.8. The Hall–Kier alpha value is -2.65. The zero-order valence-electron chi connectivity index (χ0n) is 15.0. The molecule has 1 amide bonds. The Balaban J connectivity index is 1.76. The van der Waals surface area contributed by atoms with Gasteiger partial charge < -0.3 is 10.1 Å². The fourth-order valence-electron chi connectivity index (χ4n) is 2.86. The molecule has 2 aromatic rings. The van der Waals surface area contributed by atoms with E-state index in [1.54, 1.807) is 12.1 Å². The van der Waals surface area contributed by atoms with Crippen LogP contribution >= 0.6 is 11.6 Å². The minimum absolute atomic E-state index is 0.0641. The highest BCUT2D eigenvalue weighted by Crippen LogP contribution is 2.31. The van der Waals surface area contributed by atoms with E-state index < -0.39 is 22.5 Å². The lowest BCUT2D eigenvalue weighted by atomic mass is 10.2. The summed E-state index contributed by atoms with van der Waals surface area (Å²) in [5.41, 5.74) is 0.936. The number of rotatable bonds is 6. The molecule has 0 spiro atoms. The number of anilines is 2. The van der Waals surface area contributed by atoms with E-state index in [0.29, 0.717) is 24.2 Å². The smallest absolute Gasteiger partial charge is 0.387 e. The monoisotopic (exact) mass is 442 g/mol. The average molecular weight is 443 g/mol. The maximum absolute atomic E-state index is 12.5. The van der Waals surface area contributed by atoms with E-state index in [9.17, 15) is 22.0 Å². The molecule has 0 aliphatic carbocycles. The summed E-state index contributed by atoms with van der Waals surface area (Å²) in [5.74, 6) is -0.564. The van der Waals surface area contributed by atoms with Crippen LogP contribution in [0.3, 0.4) is 0 Å². The van der Waals surface area contributed by atoms with Crippen LogP contribution in [0.2, 0.25) is 5.02 Å². The van der Waals surface area contributed by atoms with Crippen LogP contribution in [-0.4, -0.2) is 33.2 Å². The number of hydrogen-bond donors (Lipinski definition) is 1. The highest BCUT2D eigenvalue weighted by atomic mass is 35.5. The summed E-state index contributed by atoms with van der Waals surface area (Å²) in [4.78, 5) is 12.3. The number of para-hydroxylation sites is 1. The molecule has 1 heterocycles. The molecule has 1 N–H and O–H groups in total. The van der Waals surface area contributed by atoms with Crippen LogP contribution in [-0.2, 0) is 14.8 Å². The first-order valence-corrected chi connectivity index (χ1v) is 10.6. The van der Waals surface area contributed by atoms with Gasteiger partial charge in [0.05, 0.1) is 22.2 Å². The molecular formula is C19H17ClF2N2O4S. The van der Waals surface area contributed by atoms with Crippen LogP contribution in [0.1, 0.15) is 12.0 Å². The van der Waals surface area contributed by atoms with Crippen molar-refractivity contribution >= 4 is 45.0 Å². The summed E-state index contributed by atoms with van der Waals surface area (Å²) in [6.45, 7) is -2.63. The molecule has 1 aliphatic heterocycles. The summed E-state index contributed by atoms with van der Waals surface area (Å²) in [7, 11) is -3.37. The average Bonchev–Trinajstić information content (AvgIpc) is 3.01. The first-order chi connectivity index (χ1) is 13.8. The largest absolute Gasteiger partial charge is 0.434 e. The van der Waals surface area contributed by atoms with Crippen molar-refractivity contribution in [3.63, 3.8) is 0 Å². The Kier molecular flexibility index (Phi) is 6.39. The topological polar surface area (TPSA) is 75.7 Å². The lowest BCUT2D eigenvalue weighted by Gasteiger charge is -2.18. The molecule has 3 rings (SSSR count). The van der Waals surface area contributed by atoms with Crippen LogP contribution in [0, 0.1) is 0 Å². The maximum atomic E-state index is 12.5. The molecule has 2 aromatic carbocycles. The lowest BCUT2D eigenvalue weighted by Crippen LogP contribution is -2.25. The molecule has 0 radical (unpaired) electrons. The van der Waals surface area contributed by atoms with E-state index in [4.69, 9.17) is 11.6 Å². The number of ether oxygens (including phenoxy) is 1. The quantitative estimate of drug-likeness (QED) is 0.682. The Morgan fingerprint density at radius 2 is 2.00 bits per heavy atom. The summed E-state index contributed by atoms with van der Waals surface area (Å²) in [6, 6.07) is 10.6. The second-order valence-corrected chi connectivity index (χ2v) is 8.56. The van der Waals surface area contributed by atoms with Crippen molar-refractivity contribution in [2.45, 2.75) is 13.0 Å². The second-order valence-electron chi connectivity index (χ2n) is 6.14. The molecule has 0 unspecified atom stereocenters. The number of halogens is 3. The number of nitrogens with zero attached hydrogens (tertiary/aromatic N) is 1. The number of hydrogen-bond acceptors (Lipinski definition) is 4. The van der Waals surface area contributed by atoms with Crippen LogP contribution in [0.4, 0.5) is 20.2 Å². The number of carbonyl (C=O) groups excluding carboxylic acids is 1. The van der Waals surface area contributed by atoms with Crippen LogP contribution < -0.4 is 14.4 Å². The molecule has 0 bridgehead atoms. The van der Waals surface area contributed by atoms with E-state index in [1.807, 2.05) is 0 Å². The summed E-state index contributed by atoms with van der Waals surface area (Å²) >= 11 is 6.11. The van der Waals surface area contributed by atoms with E-state index in [2.05, 4.69) is 10.1 Å². The van der Waals surface area contributed by atoms with E-state index >= 15 is 0 Å². The van der Waals surface area contributed by atoms with Crippen molar-refractivity contribution in [1.82, 2.24) is 0 Å². The number of sulfonamides is 1. The zero-order valence-corrected chi connectivity index (χ0v) is 16.6. The minimum Gasteiger partial charge on any atom is -0.434 e. The fourth-order valence-corrected chi connectivity index (χ4v) is 4.58. The van der Waals surface area contributed by atoms with Gasteiger partial charge in [0.2, 0.25) is 15.9 Å². The second kappa shape index (κ2) is 8.79. The van der Waals surface area contributed by atoms with Crippen molar-refractivity contribution in [3.05, 3.63) is 59.1 Å². The Labute approximate surface area is 171 Å². The molecular weight excluding hydrogens is 426 g/mol. The van der Waals surface area contributed by atoms with E-state index in [-0.39, 0.29) is 22.2 Å². The van der Waals surface area contributed by atoms with Gasteiger partial charge in [-0.2, -0.15) is 8.78 Å². The predicted octanol–water partition coefficient (Wildman–Crippen LogP) is 4.13. The molecule has 1 aliphatic rings. The van der Waals surface area contributed by atoms with Gasteiger partial charge in [0.25, 0.3) is 0 Å². The summed E-state index contributed by atoms with van der Waals surface area (Å²) < 4.78 is 54.8. The highest BCUT2D eigenvalue weighted by molar-refractivity contribution is 7.93. The first-order valence-electron chi connectivity index (χ1n) is 8.59. The number of carbonyl (C=O) groups is 1. The SMILES string of the molecule is O=C(C=Cc1ccccc1OC(F)F)Nc1cc(N2CCCS2(=O)=O)ccc1Cl. The standard InChI is InChI=1S/C19H17ClF2N2O4S/c20-15-8-7-14(24-10-3-11-29(24,26)27)12-16(15)23-18(25)9-6-13-4-1-2-5-17(13)28-19(21)22/h1-2,4-9,12,19H,3,10-11H2,(H,23,25). The van der Waals surface area contributed by atoms with Gasteiger partial charge in [0, 0.05) is 18.2 Å². The van der Waals surface area contributed by atoms with Crippen LogP contribution in [0.25, 0.3) is 6.08 Å². The van der Waals surface area contributed by atoms with Crippen molar-refractivity contribution in [2.24, 2.45) is 0 Å². The van der Waals surface area contributed by atoms with E-state index in [0.717, 1.165) is 6.08 Å². The van der Waals surface area contributed by atoms with Gasteiger partial charge in [-0.05, 0) is 36.8 Å². The van der Waals surface area contributed by atoms with Crippen molar-refractivity contribution in [1.29, 1.82) is 0 Å². The van der Waals surface area contributed by atoms with Crippen LogP contribution in [0.15, 0.2) is 48.5 Å². The third-order valence-electron chi connectivity index (χ3n) is 4.14. The van der Waals surface area contributed by atoms with Crippen molar-refractivity contribution in [3.8, 4) is 5.75 Å². The zero-order chi connectivity index (χ0) is 21.0. The molecule has 1 saturated heterocycles. The third-order valence-corrected chi connectivity index (χ3v) is 6.34. The molecule has 154 valence electrons. The Morgan fingerprint density at radius 3 is 2.69 bits per heavy atom. The van der Waals surface area contributed by atoms with E-state index in [1.165, 1.54) is 40.7 Å².